The molecule has 12 nitrogen and oxygen atoms in total. The van der Waals surface area contributed by atoms with E-state index in [9.17, 15) is 21.6 Å². The molecule has 1 amide bonds. The van der Waals surface area contributed by atoms with Crippen LogP contribution in [0.15, 0.2) is 48.5 Å². The number of nitrogens with zero attached hydrogens (tertiary/aromatic N) is 3. The third kappa shape index (κ3) is 15.1. The molecule has 3 N–H and O–H groups in total. The Morgan fingerprint density at radius 3 is 1.52 bits per heavy atom. The summed E-state index contributed by atoms with van der Waals surface area (Å²) in [6.45, 7) is 10.2. The molecule has 0 aliphatic carbocycles. The van der Waals surface area contributed by atoms with Crippen molar-refractivity contribution in [2.45, 2.75) is 89.1 Å². The van der Waals surface area contributed by atoms with E-state index in [1.54, 1.807) is 4.90 Å². The maximum Gasteiger partial charge on any atom is 1.00 e. The second-order valence-corrected chi connectivity index (χ2v) is 20.7. The molecular formula is C37H56Cl2N5NaO7S2. The predicted molar refractivity (Wildman–Crippen MR) is 211 cm³/mol. The molecular weight excluding hydrogens is 784 g/mol. The average molecular weight is 841 g/mol. The number of halogens is 2. The van der Waals surface area contributed by atoms with Crippen LogP contribution in [-0.4, -0.2) is 135 Å². The molecule has 0 saturated carbocycles. The van der Waals surface area contributed by atoms with Crippen molar-refractivity contribution in [1.29, 1.82) is 0 Å². The molecule has 17 heteroatoms. The summed E-state index contributed by atoms with van der Waals surface area (Å²) >= 11 is 11.9. The molecule has 2 unspecified atom stereocenters. The number of hydrogen-bond acceptors (Lipinski definition) is 10. The van der Waals surface area contributed by atoms with Gasteiger partial charge in [0, 0.05) is 60.4 Å². The van der Waals surface area contributed by atoms with Crippen molar-refractivity contribution in [3.05, 3.63) is 75.6 Å². The first-order valence-electron chi connectivity index (χ1n) is 18.4. The fourth-order valence-corrected chi connectivity index (χ4v) is 11.1. The monoisotopic (exact) mass is 839 g/mol. The van der Waals surface area contributed by atoms with Crippen molar-refractivity contribution >= 4 is 49.0 Å². The van der Waals surface area contributed by atoms with Crippen molar-refractivity contribution in [2.24, 2.45) is 0 Å². The number of piperidine rings is 2. The fraction of sp³-hybridized carbons (Fsp3) is 0.649. The van der Waals surface area contributed by atoms with Gasteiger partial charge in [0.15, 0.2) is 19.7 Å². The largest absolute Gasteiger partial charge is 1.00 e. The van der Waals surface area contributed by atoms with Crippen LogP contribution in [0.4, 0.5) is 4.79 Å². The van der Waals surface area contributed by atoms with Gasteiger partial charge in [0.25, 0.3) is 0 Å². The Balaban J connectivity index is 0.000000281. The zero-order chi connectivity index (χ0) is 38.8. The van der Waals surface area contributed by atoms with E-state index in [0.29, 0.717) is 49.4 Å². The summed E-state index contributed by atoms with van der Waals surface area (Å²) in [7, 11) is -5.94. The van der Waals surface area contributed by atoms with Gasteiger partial charge in [-0.1, -0.05) is 47.5 Å². The van der Waals surface area contributed by atoms with Gasteiger partial charge in [-0.25, -0.2) is 21.6 Å². The van der Waals surface area contributed by atoms with Crippen molar-refractivity contribution in [3.8, 4) is 0 Å². The van der Waals surface area contributed by atoms with Crippen LogP contribution >= 0.6 is 23.2 Å². The van der Waals surface area contributed by atoms with E-state index in [-0.39, 0.29) is 71.0 Å². The first kappa shape index (κ1) is 47.4. The Labute approximate surface area is 354 Å². The zero-order valence-corrected chi connectivity index (χ0v) is 37.2. The summed E-state index contributed by atoms with van der Waals surface area (Å²) in [5, 5.41) is 11.0. The summed E-state index contributed by atoms with van der Waals surface area (Å²) < 4.78 is 54.2. The molecule has 2 aromatic carbocycles. The third-order valence-corrected chi connectivity index (χ3v) is 14.2. The quantitative estimate of drug-likeness (QED) is 0.327. The topological polar surface area (TPSA) is 160 Å². The maximum absolute atomic E-state index is 12.3. The average Bonchev–Trinajstić information content (AvgIpc) is 3.11. The summed E-state index contributed by atoms with van der Waals surface area (Å²) in [4.78, 5) is 18.9. The van der Waals surface area contributed by atoms with Crippen LogP contribution in [0.25, 0.3) is 5.90 Å². The molecule has 6 rings (SSSR count). The van der Waals surface area contributed by atoms with Crippen LogP contribution in [0.3, 0.4) is 0 Å². The number of ether oxygens (including phenoxy) is 1. The Bertz CT molecular complexity index is 1670. The summed E-state index contributed by atoms with van der Waals surface area (Å²) in [6.07, 6.45) is 5.07. The molecule has 4 saturated heterocycles. The number of carbonyl (C=O) groups excluding carboxylic acids is 1. The second-order valence-electron chi connectivity index (χ2n) is 15.4. The number of carbonyl (C=O) groups is 1. The number of nitrogens with one attached hydrogen (secondary N) is 2. The van der Waals surface area contributed by atoms with Crippen molar-refractivity contribution < 1.29 is 61.1 Å². The Kier molecular flexibility index (Phi) is 19.0. The molecule has 4 aliphatic rings. The van der Waals surface area contributed by atoms with Gasteiger partial charge >= 0.3 is 35.7 Å². The van der Waals surface area contributed by atoms with Gasteiger partial charge in [-0.05, 0) is 108 Å². The van der Waals surface area contributed by atoms with Crippen LogP contribution < -0.4 is 34.9 Å². The first-order valence-corrected chi connectivity index (χ1v) is 22.8. The molecule has 4 fully saturated rings. The van der Waals surface area contributed by atoms with Gasteiger partial charge < -0.3 is 26.1 Å². The van der Waals surface area contributed by atoms with Gasteiger partial charge in [-0.2, -0.15) is 0 Å². The SMILES string of the molecule is CC(C)(C)OC(=O)N1CCC(N2CCS(=O)(=O)CC2Cc2ccc(Cl)cc2)CC1.O=S1(=O)CCN(C2CCNCC2)C(Cc2ccc(Cl)cc2)C1.[NH-]O.[Na+]. The van der Waals surface area contributed by atoms with E-state index >= 15 is 0 Å². The maximum atomic E-state index is 12.3. The third-order valence-electron chi connectivity index (χ3n) is 10.3. The minimum atomic E-state index is -3.03. The van der Waals surface area contributed by atoms with Crippen molar-refractivity contribution in [1.82, 2.24) is 20.0 Å². The number of rotatable bonds is 6. The fourth-order valence-electron chi connectivity index (χ4n) is 7.74. The van der Waals surface area contributed by atoms with Crippen LogP contribution in [0.1, 0.15) is 57.6 Å². The molecule has 0 bridgehead atoms. The Hall–Kier alpha value is -1.01. The number of hydrogen-bond donors (Lipinski definition) is 2. The zero-order valence-electron chi connectivity index (χ0n) is 32.1. The van der Waals surface area contributed by atoms with Gasteiger partial charge in [-0.15, -0.1) is 0 Å². The van der Waals surface area contributed by atoms with Crippen molar-refractivity contribution in [2.75, 3.05) is 62.3 Å². The van der Waals surface area contributed by atoms with E-state index in [0.717, 1.165) is 61.3 Å². The van der Waals surface area contributed by atoms with Crippen LogP contribution in [0, 0.1) is 0 Å². The summed E-state index contributed by atoms with van der Waals surface area (Å²) in [6, 6.07) is 16.2. The number of benzene rings is 2. The van der Waals surface area contributed by atoms with Gasteiger partial charge in [-0.3, -0.25) is 9.80 Å². The van der Waals surface area contributed by atoms with E-state index < -0.39 is 25.3 Å². The molecule has 0 aromatic heterocycles. The minimum absolute atomic E-state index is 0. The van der Waals surface area contributed by atoms with Crippen LogP contribution in [0.5, 0.6) is 0 Å². The molecule has 0 spiro atoms. The molecule has 2 aromatic rings. The molecule has 4 aliphatic heterocycles. The number of sulfone groups is 2. The van der Waals surface area contributed by atoms with Crippen LogP contribution in [-0.2, 0) is 37.3 Å². The van der Waals surface area contributed by atoms with E-state index in [1.165, 1.54) is 0 Å². The van der Waals surface area contributed by atoms with Crippen LogP contribution in [0.2, 0.25) is 10.0 Å². The van der Waals surface area contributed by atoms with E-state index in [1.807, 2.05) is 69.3 Å². The van der Waals surface area contributed by atoms with E-state index in [4.69, 9.17) is 39.0 Å². The molecule has 298 valence electrons. The minimum Gasteiger partial charge on any atom is -0.553 e. The van der Waals surface area contributed by atoms with Gasteiger partial charge in [0.2, 0.25) is 0 Å². The molecule has 0 radical (unpaired) electrons. The first-order chi connectivity index (χ1) is 25.1. The second kappa shape index (κ2) is 21.7. The van der Waals surface area contributed by atoms with Crippen molar-refractivity contribution in [3.63, 3.8) is 0 Å². The number of amides is 1. The Morgan fingerprint density at radius 2 is 1.13 bits per heavy atom. The van der Waals surface area contributed by atoms with E-state index in [2.05, 4.69) is 15.1 Å². The smallest absolute Gasteiger partial charge is 0.553 e. The predicted octanol–water partition coefficient (Wildman–Crippen LogP) is 2.55. The summed E-state index contributed by atoms with van der Waals surface area (Å²) in [5.74, 6) is 5.71. The summed E-state index contributed by atoms with van der Waals surface area (Å²) in [5.41, 5.74) is 1.75. The normalized spacial score (nSPS) is 23.8. The molecule has 54 heavy (non-hydrogen) atoms. The molecule has 2 atom stereocenters. The van der Waals surface area contributed by atoms with Gasteiger partial charge in [0.05, 0.1) is 23.0 Å². The van der Waals surface area contributed by atoms with Gasteiger partial charge in [0.1, 0.15) is 5.60 Å². The Morgan fingerprint density at radius 1 is 0.741 bits per heavy atom. The molecule has 4 heterocycles. The number of likely N-dealkylation sites (tertiary alicyclic amines) is 1. The standard InChI is InChI=1S/C21H31ClN2O4S.C16H23ClN2O2S.H2NO.Na/c1-21(2,3)28-20(25)23-10-8-18(9-11-23)24-12-13-29(26,27)15-19(24)14-16-4-6-17(22)7-5-16;17-14-3-1-13(2-4-14)11-16-12-22(20,21)10-9-19(16)15-5-7-18-8-6-15;1-2;/h4-7,18-19H,8-15H2,1-3H3;1-4,15-16,18H,5-12H2;1-2H;/q;;-1;+1.